The van der Waals surface area contributed by atoms with E-state index in [-0.39, 0.29) is 17.1 Å². The molecule has 2 N–H and O–H groups in total. The molecule has 134 valence electrons. The number of aromatic nitrogens is 1. The number of nitrogens with one attached hydrogen (secondary N) is 2. The molecule has 3 rings (SSSR count). The van der Waals surface area contributed by atoms with E-state index in [9.17, 15) is 9.59 Å². The van der Waals surface area contributed by atoms with Crippen molar-refractivity contribution in [1.82, 2.24) is 4.98 Å². The Labute approximate surface area is 164 Å². The fourth-order valence-corrected chi connectivity index (χ4v) is 4.58. The Morgan fingerprint density at radius 2 is 1.77 bits per heavy atom. The second kappa shape index (κ2) is 8.07. The van der Waals surface area contributed by atoms with Crippen LogP contribution in [0, 0.1) is 0 Å². The first-order valence-electron chi connectivity index (χ1n) is 7.82. The van der Waals surface area contributed by atoms with Crippen molar-refractivity contribution in [3.8, 4) is 0 Å². The van der Waals surface area contributed by atoms with Gasteiger partial charge in [0.1, 0.15) is 0 Å². The van der Waals surface area contributed by atoms with Gasteiger partial charge in [-0.05, 0) is 49.4 Å². The molecule has 2 aromatic carbocycles. The molecule has 2 amide bonds. The van der Waals surface area contributed by atoms with Crippen molar-refractivity contribution >= 4 is 68.1 Å². The van der Waals surface area contributed by atoms with Gasteiger partial charge in [-0.3, -0.25) is 9.59 Å². The lowest BCUT2D eigenvalue weighted by Gasteiger charge is -2.11. The number of amides is 2. The Bertz CT molecular complexity index is 957. The first-order valence-corrected chi connectivity index (χ1v) is 9.89. The smallest absolute Gasteiger partial charge is 0.237 e. The van der Waals surface area contributed by atoms with Gasteiger partial charge in [-0.15, -0.1) is 11.3 Å². The molecule has 0 saturated carbocycles. The first kappa shape index (κ1) is 18.7. The number of thioether (sulfide) groups is 1. The van der Waals surface area contributed by atoms with Crippen LogP contribution in [0.2, 0.25) is 5.02 Å². The molecule has 0 saturated heterocycles. The highest BCUT2D eigenvalue weighted by Gasteiger charge is 2.17. The Morgan fingerprint density at radius 1 is 1.12 bits per heavy atom. The second-order valence-corrected chi connectivity index (χ2v) is 8.65. The number of thiazole rings is 1. The normalized spacial score (nSPS) is 12.0. The molecule has 8 heteroatoms. The largest absolute Gasteiger partial charge is 0.326 e. The third kappa shape index (κ3) is 4.75. The minimum Gasteiger partial charge on any atom is -0.326 e. The quantitative estimate of drug-likeness (QED) is 0.584. The van der Waals surface area contributed by atoms with E-state index >= 15 is 0 Å². The SMILES string of the molecule is CC(=O)Nc1ccc(NC(=O)[C@H](C)Sc2nc3cc(Cl)ccc3s2)cc1. The van der Waals surface area contributed by atoms with Crippen molar-refractivity contribution in [2.75, 3.05) is 10.6 Å². The Balaban J connectivity index is 1.62. The minimum absolute atomic E-state index is 0.112. The van der Waals surface area contributed by atoms with E-state index in [1.54, 1.807) is 24.3 Å². The van der Waals surface area contributed by atoms with Gasteiger partial charge in [0.2, 0.25) is 11.8 Å². The molecule has 5 nitrogen and oxygen atoms in total. The topological polar surface area (TPSA) is 71.1 Å². The van der Waals surface area contributed by atoms with E-state index in [4.69, 9.17) is 11.6 Å². The number of benzene rings is 2. The van der Waals surface area contributed by atoms with Crippen LogP contribution >= 0.6 is 34.7 Å². The van der Waals surface area contributed by atoms with E-state index in [2.05, 4.69) is 15.6 Å². The molecule has 0 spiro atoms. The molecule has 0 aliphatic heterocycles. The number of hydrogen-bond acceptors (Lipinski definition) is 5. The van der Waals surface area contributed by atoms with Crippen molar-refractivity contribution in [1.29, 1.82) is 0 Å². The summed E-state index contributed by atoms with van der Waals surface area (Å²) in [6.45, 7) is 3.29. The van der Waals surface area contributed by atoms with Gasteiger partial charge in [0, 0.05) is 23.3 Å². The zero-order valence-corrected chi connectivity index (χ0v) is 16.5. The van der Waals surface area contributed by atoms with Gasteiger partial charge in [-0.1, -0.05) is 23.4 Å². The molecule has 0 aliphatic carbocycles. The summed E-state index contributed by atoms with van der Waals surface area (Å²) in [5.41, 5.74) is 2.20. The van der Waals surface area contributed by atoms with Crippen LogP contribution in [0.5, 0.6) is 0 Å². The summed E-state index contributed by atoms with van der Waals surface area (Å²) < 4.78 is 1.86. The Kier molecular flexibility index (Phi) is 5.80. The number of fused-ring (bicyclic) bond motifs is 1. The van der Waals surface area contributed by atoms with Gasteiger partial charge < -0.3 is 10.6 Å². The lowest BCUT2D eigenvalue weighted by molar-refractivity contribution is -0.115. The lowest BCUT2D eigenvalue weighted by Crippen LogP contribution is -2.22. The molecule has 26 heavy (non-hydrogen) atoms. The molecule has 1 heterocycles. The molecule has 0 radical (unpaired) electrons. The molecular formula is C18H16ClN3O2S2. The first-order chi connectivity index (χ1) is 12.4. The van der Waals surface area contributed by atoms with Crippen molar-refractivity contribution in [2.24, 2.45) is 0 Å². The van der Waals surface area contributed by atoms with Gasteiger partial charge in [-0.25, -0.2) is 4.98 Å². The Morgan fingerprint density at radius 3 is 2.42 bits per heavy atom. The average Bonchev–Trinajstić information content (AvgIpc) is 2.97. The predicted octanol–water partition coefficient (Wildman–Crippen LogP) is 5.03. The summed E-state index contributed by atoms with van der Waals surface area (Å²) in [7, 11) is 0. The fraction of sp³-hybridized carbons (Fsp3) is 0.167. The third-order valence-electron chi connectivity index (χ3n) is 3.45. The summed E-state index contributed by atoms with van der Waals surface area (Å²) >= 11 is 8.93. The summed E-state index contributed by atoms with van der Waals surface area (Å²) in [4.78, 5) is 27.9. The minimum atomic E-state index is -0.305. The van der Waals surface area contributed by atoms with Crippen molar-refractivity contribution in [2.45, 2.75) is 23.4 Å². The number of carbonyl (C=O) groups excluding carboxylic acids is 2. The Hall–Kier alpha value is -2.09. The summed E-state index contributed by atoms with van der Waals surface area (Å²) in [5.74, 6) is -0.247. The summed E-state index contributed by atoms with van der Waals surface area (Å²) in [5, 5.41) is 5.90. The monoisotopic (exact) mass is 405 g/mol. The molecular weight excluding hydrogens is 390 g/mol. The maximum Gasteiger partial charge on any atom is 0.237 e. The van der Waals surface area contributed by atoms with Crippen LogP contribution < -0.4 is 10.6 Å². The second-order valence-electron chi connectivity index (χ2n) is 5.60. The summed E-state index contributed by atoms with van der Waals surface area (Å²) in [6, 6.07) is 12.6. The number of nitrogens with zero attached hydrogens (tertiary/aromatic N) is 1. The van der Waals surface area contributed by atoms with Crippen LogP contribution in [0.3, 0.4) is 0 Å². The third-order valence-corrected chi connectivity index (χ3v) is 5.91. The maximum atomic E-state index is 12.4. The van der Waals surface area contributed by atoms with Gasteiger partial charge in [0.15, 0.2) is 4.34 Å². The van der Waals surface area contributed by atoms with Crippen LogP contribution in [-0.2, 0) is 9.59 Å². The predicted molar refractivity (Wildman–Crippen MR) is 109 cm³/mol. The van der Waals surface area contributed by atoms with Crippen LogP contribution in [0.4, 0.5) is 11.4 Å². The summed E-state index contributed by atoms with van der Waals surface area (Å²) in [6.07, 6.45) is 0. The van der Waals surface area contributed by atoms with Crippen LogP contribution in [-0.4, -0.2) is 22.0 Å². The molecule has 1 atom stereocenters. The fourth-order valence-electron chi connectivity index (χ4n) is 2.22. The van der Waals surface area contributed by atoms with Crippen LogP contribution in [0.1, 0.15) is 13.8 Å². The molecule has 0 fully saturated rings. The maximum absolute atomic E-state index is 12.4. The van der Waals surface area contributed by atoms with Gasteiger partial charge in [0.25, 0.3) is 0 Å². The molecule has 0 aliphatic rings. The number of carbonyl (C=O) groups is 2. The average molecular weight is 406 g/mol. The van der Waals surface area contributed by atoms with E-state index in [0.717, 1.165) is 14.6 Å². The van der Waals surface area contributed by atoms with E-state index < -0.39 is 0 Å². The van der Waals surface area contributed by atoms with E-state index in [1.165, 1.54) is 30.0 Å². The van der Waals surface area contributed by atoms with E-state index in [1.807, 2.05) is 25.1 Å². The highest BCUT2D eigenvalue weighted by atomic mass is 35.5. The van der Waals surface area contributed by atoms with Crippen LogP contribution in [0.15, 0.2) is 46.8 Å². The molecule has 0 bridgehead atoms. The zero-order chi connectivity index (χ0) is 18.7. The molecule has 1 aromatic heterocycles. The number of anilines is 2. The van der Waals surface area contributed by atoms with E-state index in [0.29, 0.717) is 16.4 Å². The van der Waals surface area contributed by atoms with Crippen molar-refractivity contribution < 1.29 is 9.59 Å². The number of rotatable bonds is 5. The molecule has 0 unspecified atom stereocenters. The van der Waals surface area contributed by atoms with Crippen LogP contribution in [0.25, 0.3) is 10.2 Å². The lowest BCUT2D eigenvalue weighted by atomic mass is 10.2. The van der Waals surface area contributed by atoms with Crippen molar-refractivity contribution in [3.63, 3.8) is 0 Å². The number of hydrogen-bond donors (Lipinski definition) is 2. The standard InChI is InChI=1S/C18H16ClN3O2S2/c1-10(25-18-22-15-9-12(19)3-8-16(15)26-18)17(24)21-14-6-4-13(5-7-14)20-11(2)23/h3-10H,1-2H3,(H,20,23)(H,21,24)/t10-/m0/s1. The van der Waals surface area contributed by atoms with Crippen molar-refractivity contribution in [3.05, 3.63) is 47.5 Å². The molecule has 3 aromatic rings. The van der Waals surface area contributed by atoms with Gasteiger partial charge in [-0.2, -0.15) is 0 Å². The van der Waals surface area contributed by atoms with Gasteiger partial charge in [0.05, 0.1) is 15.5 Å². The highest BCUT2D eigenvalue weighted by Crippen LogP contribution is 2.33. The zero-order valence-electron chi connectivity index (χ0n) is 14.1. The number of halogens is 1. The highest BCUT2D eigenvalue weighted by molar-refractivity contribution is 8.02. The van der Waals surface area contributed by atoms with Gasteiger partial charge >= 0.3 is 0 Å².